The Labute approximate surface area is 208 Å². The molecule has 0 bridgehead atoms. The van der Waals surface area contributed by atoms with E-state index >= 15 is 0 Å². The van der Waals surface area contributed by atoms with E-state index in [0.717, 1.165) is 0 Å². The highest BCUT2D eigenvalue weighted by atomic mass is 16.5. The van der Waals surface area contributed by atoms with E-state index in [1.807, 2.05) is 0 Å². The Kier molecular flexibility index (Phi) is 7.74. The number of nitrogens with one attached hydrogen (secondary N) is 1. The molecular formula is C26H27N3O7. The van der Waals surface area contributed by atoms with Gasteiger partial charge < -0.3 is 33.7 Å². The summed E-state index contributed by atoms with van der Waals surface area (Å²) in [6, 6.07) is 15.0. The maximum absolute atomic E-state index is 13.0. The van der Waals surface area contributed by atoms with E-state index in [2.05, 4.69) is 5.32 Å². The number of benzene rings is 2. The van der Waals surface area contributed by atoms with Gasteiger partial charge in [0.15, 0.2) is 12.4 Å². The van der Waals surface area contributed by atoms with Gasteiger partial charge in [-0.1, -0.05) is 6.07 Å². The van der Waals surface area contributed by atoms with Crippen LogP contribution >= 0.6 is 0 Å². The highest BCUT2D eigenvalue weighted by Crippen LogP contribution is 2.26. The summed E-state index contributed by atoms with van der Waals surface area (Å²) in [6.07, 6.45) is 1.42. The van der Waals surface area contributed by atoms with E-state index < -0.39 is 0 Å². The van der Waals surface area contributed by atoms with Gasteiger partial charge in [0.2, 0.25) is 0 Å². The number of methoxy groups -OCH3 is 2. The standard InChI is InChI=1S/C26H27N3O7/c1-33-19-8-9-21(23(16-19)34-2)26(32)29-12-10-28(11-13-29)24(30)17-36-20-6-3-5-18(15-20)27-25(31)22-7-4-14-35-22/h3-9,14-16H,10-13,17H2,1-2H3,(H,27,31). The van der Waals surface area contributed by atoms with Crippen molar-refractivity contribution >= 4 is 23.4 Å². The van der Waals surface area contributed by atoms with Crippen LogP contribution in [0.5, 0.6) is 17.2 Å². The first-order valence-electron chi connectivity index (χ1n) is 11.4. The first kappa shape index (κ1) is 24.6. The zero-order valence-corrected chi connectivity index (χ0v) is 20.1. The monoisotopic (exact) mass is 493 g/mol. The smallest absolute Gasteiger partial charge is 0.291 e. The molecule has 2 aromatic carbocycles. The lowest BCUT2D eigenvalue weighted by Gasteiger charge is -2.35. The van der Waals surface area contributed by atoms with Gasteiger partial charge in [-0.15, -0.1) is 0 Å². The maximum atomic E-state index is 13.0. The number of rotatable bonds is 8. The summed E-state index contributed by atoms with van der Waals surface area (Å²) in [5.74, 6) is 0.951. The predicted octanol–water partition coefficient (Wildman–Crippen LogP) is 2.91. The van der Waals surface area contributed by atoms with Crippen LogP contribution < -0.4 is 19.5 Å². The van der Waals surface area contributed by atoms with Crippen molar-refractivity contribution in [2.24, 2.45) is 0 Å². The Hall–Kier alpha value is -4.47. The van der Waals surface area contributed by atoms with Gasteiger partial charge in [0.25, 0.3) is 17.7 Å². The summed E-state index contributed by atoms with van der Waals surface area (Å²) >= 11 is 0. The van der Waals surface area contributed by atoms with E-state index in [1.165, 1.54) is 13.4 Å². The van der Waals surface area contributed by atoms with Crippen LogP contribution in [0.2, 0.25) is 0 Å². The van der Waals surface area contributed by atoms with Gasteiger partial charge in [-0.2, -0.15) is 0 Å². The summed E-state index contributed by atoms with van der Waals surface area (Å²) in [6.45, 7) is 1.43. The molecule has 1 N–H and O–H groups in total. The number of carbonyl (C=O) groups excluding carboxylic acids is 3. The topological polar surface area (TPSA) is 111 Å². The molecule has 1 saturated heterocycles. The van der Waals surface area contributed by atoms with Crippen LogP contribution in [0.1, 0.15) is 20.9 Å². The molecule has 188 valence electrons. The quantitative estimate of drug-likeness (QED) is 0.514. The second-order valence-corrected chi connectivity index (χ2v) is 7.99. The largest absolute Gasteiger partial charge is 0.497 e. The van der Waals surface area contributed by atoms with E-state index in [4.69, 9.17) is 18.6 Å². The fourth-order valence-electron chi connectivity index (χ4n) is 3.80. The number of ether oxygens (including phenoxy) is 3. The minimum absolute atomic E-state index is 0.157. The normalized spacial score (nSPS) is 13.2. The Morgan fingerprint density at radius 3 is 2.36 bits per heavy atom. The SMILES string of the molecule is COc1ccc(C(=O)N2CCN(C(=O)COc3cccc(NC(=O)c4ccco4)c3)CC2)c(OC)c1. The summed E-state index contributed by atoms with van der Waals surface area (Å²) in [5, 5.41) is 2.72. The molecule has 1 aliphatic heterocycles. The number of hydrogen-bond donors (Lipinski definition) is 1. The van der Waals surface area contributed by atoms with E-state index in [-0.39, 0.29) is 30.1 Å². The molecule has 0 atom stereocenters. The van der Waals surface area contributed by atoms with Gasteiger partial charge in [-0.25, -0.2) is 0 Å². The Morgan fingerprint density at radius 1 is 0.889 bits per heavy atom. The summed E-state index contributed by atoms with van der Waals surface area (Å²) in [4.78, 5) is 41.2. The molecule has 0 aliphatic carbocycles. The Bertz CT molecular complexity index is 1220. The fourth-order valence-corrected chi connectivity index (χ4v) is 3.80. The summed E-state index contributed by atoms with van der Waals surface area (Å²) in [5.41, 5.74) is 0.961. The summed E-state index contributed by atoms with van der Waals surface area (Å²) < 4.78 is 21.3. The number of furan rings is 1. The molecule has 10 nitrogen and oxygen atoms in total. The van der Waals surface area contributed by atoms with Gasteiger partial charge in [0.05, 0.1) is 26.0 Å². The van der Waals surface area contributed by atoms with Crippen molar-refractivity contribution in [2.45, 2.75) is 0 Å². The number of hydrogen-bond acceptors (Lipinski definition) is 7. The molecule has 4 rings (SSSR count). The molecule has 0 spiro atoms. The molecule has 36 heavy (non-hydrogen) atoms. The molecule has 1 aromatic heterocycles. The van der Waals surface area contributed by atoms with Crippen LogP contribution in [0.3, 0.4) is 0 Å². The van der Waals surface area contributed by atoms with Gasteiger partial charge in [-0.05, 0) is 36.4 Å². The minimum atomic E-state index is -0.382. The molecular weight excluding hydrogens is 466 g/mol. The van der Waals surface area contributed by atoms with Crippen molar-refractivity contribution in [3.63, 3.8) is 0 Å². The van der Waals surface area contributed by atoms with Gasteiger partial charge >= 0.3 is 0 Å². The molecule has 1 fully saturated rings. The molecule has 2 heterocycles. The third kappa shape index (κ3) is 5.77. The average Bonchev–Trinajstić information content (AvgIpc) is 3.47. The van der Waals surface area contributed by atoms with Crippen LogP contribution in [-0.4, -0.2) is 74.5 Å². The highest BCUT2D eigenvalue weighted by molar-refractivity contribution is 6.02. The second kappa shape index (κ2) is 11.3. The van der Waals surface area contributed by atoms with Crippen LogP contribution in [0.4, 0.5) is 5.69 Å². The van der Waals surface area contributed by atoms with Crippen LogP contribution in [0, 0.1) is 0 Å². The third-order valence-corrected chi connectivity index (χ3v) is 5.76. The van der Waals surface area contributed by atoms with Crippen molar-refractivity contribution in [1.82, 2.24) is 9.80 Å². The predicted molar refractivity (Wildman–Crippen MR) is 131 cm³/mol. The molecule has 3 aromatic rings. The Morgan fingerprint density at radius 2 is 1.67 bits per heavy atom. The van der Waals surface area contributed by atoms with E-state index in [1.54, 1.807) is 71.5 Å². The molecule has 3 amide bonds. The van der Waals surface area contributed by atoms with Crippen molar-refractivity contribution in [3.8, 4) is 17.2 Å². The molecule has 10 heteroatoms. The van der Waals surface area contributed by atoms with Crippen molar-refractivity contribution < 1.29 is 33.0 Å². The first-order chi connectivity index (χ1) is 17.5. The number of carbonyl (C=O) groups is 3. The van der Waals surface area contributed by atoms with Crippen molar-refractivity contribution in [2.75, 3.05) is 52.3 Å². The number of amides is 3. The van der Waals surface area contributed by atoms with Gasteiger partial charge in [0.1, 0.15) is 17.2 Å². The fraction of sp³-hybridized carbons (Fsp3) is 0.269. The van der Waals surface area contributed by atoms with E-state index in [9.17, 15) is 14.4 Å². The molecule has 0 saturated carbocycles. The maximum Gasteiger partial charge on any atom is 0.291 e. The van der Waals surface area contributed by atoms with E-state index in [0.29, 0.717) is 54.7 Å². The second-order valence-electron chi connectivity index (χ2n) is 7.99. The van der Waals surface area contributed by atoms with Crippen molar-refractivity contribution in [1.29, 1.82) is 0 Å². The average molecular weight is 494 g/mol. The number of nitrogens with zero attached hydrogens (tertiary/aromatic N) is 2. The number of anilines is 1. The Balaban J connectivity index is 1.27. The molecule has 0 radical (unpaired) electrons. The lowest BCUT2D eigenvalue weighted by atomic mass is 10.1. The van der Waals surface area contributed by atoms with Crippen LogP contribution in [-0.2, 0) is 4.79 Å². The lowest BCUT2D eigenvalue weighted by Crippen LogP contribution is -2.51. The van der Waals surface area contributed by atoms with Crippen molar-refractivity contribution in [3.05, 3.63) is 72.2 Å². The zero-order valence-electron chi connectivity index (χ0n) is 20.1. The van der Waals surface area contributed by atoms with Gasteiger partial charge in [0, 0.05) is 44.0 Å². The number of piperazine rings is 1. The highest BCUT2D eigenvalue weighted by Gasteiger charge is 2.27. The summed E-state index contributed by atoms with van der Waals surface area (Å²) in [7, 11) is 3.05. The van der Waals surface area contributed by atoms with Gasteiger partial charge in [-0.3, -0.25) is 14.4 Å². The zero-order chi connectivity index (χ0) is 25.5. The lowest BCUT2D eigenvalue weighted by molar-refractivity contribution is -0.134. The minimum Gasteiger partial charge on any atom is -0.497 e. The molecule has 1 aliphatic rings. The third-order valence-electron chi connectivity index (χ3n) is 5.76. The van der Waals surface area contributed by atoms with Crippen LogP contribution in [0.15, 0.2) is 65.3 Å². The molecule has 0 unspecified atom stereocenters. The van der Waals surface area contributed by atoms with Crippen LogP contribution in [0.25, 0.3) is 0 Å². The first-order valence-corrected chi connectivity index (χ1v) is 11.4.